The number of methoxy groups -OCH3 is 1. The molecule has 0 N–H and O–H groups in total. The molecule has 0 saturated carbocycles. The molecule has 0 aromatic heterocycles. The minimum atomic E-state index is -4.54. The Balaban J connectivity index is 1.78. The van der Waals surface area contributed by atoms with Gasteiger partial charge in [-0.2, -0.15) is 13.2 Å². The third-order valence-electron chi connectivity index (χ3n) is 5.07. The van der Waals surface area contributed by atoms with Crippen LogP contribution < -0.4 is 9.64 Å². The summed E-state index contributed by atoms with van der Waals surface area (Å²) in [6, 6.07) is 11.4. The van der Waals surface area contributed by atoms with E-state index in [1.54, 1.807) is 24.3 Å². The van der Waals surface area contributed by atoms with Gasteiger partial charge >= 0.3 is 12.1 Å². The molecule has 0 fully saturated rings. The topological polar surface area (TPSA) is 55.8 Å². The van der Waals surface area contributed by atoms with E-state index < -0.39 is 29.5 Å². The number of alkyl halides is 3. The lowest BCUT2D eigenvalue weighted by atomic mass is 9.84. The highest BCUT2D eigenvalue weighted by atomic mass is 19.4. The SMILES string of the molecule is COc1ccc(C2CC(=O)N(c3cccc(C(F)(F)F)c3)C3=C2C(=O)OC3)cc1. The number of benzene rings is 2. The first-order valence-corrected chi connectivity index (χ1v) is 8.84. The van der Waals surface area contributed by atoms with Gasteiger partial charge in [0.1, 0.15) is 12.4 Å². The van der Waals surface area contributed by atoms with Crippen molar-refractivity contribution in [1.29, 1.82) is 0 Å². The molecule has 2 aliphatic rings. The Morgan fingerprint density at radius 1 is 1.10 bits per heavy atom. The quantitative estimate of drug-likeness (QED) is 0.726. The molecular weight excluding hydrogens is 387 g/mol. The standard InChI is InChI=1S/C21H16F3NO4/c1-28-15-7-5-12(6-8-15)16-10-18(26)25(17-11-29-20(27)19(16)17)14-4-2-3-13(9-14)21(22,23)24/h2-9,16H,10-11H2,1H3. The van der Waals surface area contributed by atoms with Crippen LogP contribution in [0.4, 0.5) is 18.9 Å². The molecular formula is C21H16F3NO4. The van der Waals surface area contributed by atoms with E-state index >= 15 is 0 Å². The number of hydrogen-bond acceptors (Lipinski definition) is 4. The van der Waals surface area contributed by atoms with Gasteiger partial charge in [0.15, 0.2) is 0 Å². The van der Waals surface area contributed by atoms with Crippen LogP contribution in [-0.2, 0) is 20.5 Å². The number of rotatable bonds is 3. The zero-order valence-corrected chi connectivity index (χ0v) is 15.3. The van der Waals surface area contributed by atoms with E-state index in [-0.39, 0.29) is 24.4 Å². The highest BCUT2D eigenvalue weighted by molar-refractivity contribution is 6.06. The predicted octanol–water partition coefficient (Wildman–Crippen LogP) is 4.05. The zero-order valence-electron chi connectivity index (χ0n) is 15.3. The van der Waals surface area contributed by atoms with E-state index in [1.165, 1.54) is 19.2 Å². The van der Waals surface area contributed by atoms with Crippen LogP contribution in [0.5, 0.6) is 5.75 Å². The third-order valence-corrected chi connectivity index (χ3v) is 5.07. The molecule has 2 aromatic carbocycles. The Bertz CT molecular complexity index is 1010. The fraction of sp³-hybridized carbons (Fsp3) is 0.238. The molecule has 29 heavy (non-hydrogen) atoms. The molecule has 0 aliphatic carbocycles. The average molecular weight is 403 g/mol. The van der Waals surface area contributed by atoms with Crippen LogP contribution in [0.15, 0.2) is 59.8 Å². The smallest absolute Gasteiger partial charge is 0.416 e. The summed E-state index contributed by atoms with van der Waals surface area (Å²) in [4.78, 5) is 26.5. The molecule has 1 amide bonds. The molecule has 2 heterocycles. The van der Waals surface area contributed by atoms with Crippen molar-refractivity contribution in [2.24, 2.45) is 0 Å². The Hall–Kier alpha value is -3.29. The predicted molar refractivity (Wildman–Crippen MR) is 97.3 cm³/mol. The average Bonchev–Trinajstić information content (AvgIpc) is 3.08. The molecule has 0 spiro atoms. The van der Waals surface area contributed by atoms with E-state index in [0.717, 1.165) is 22.6 Å². The first kappa shape index (κ1) is 19.0. The number of hydrogen-bond donors (Lipinski definition) is 0. The summed E-state index contributed by atoms with van der Waals surface area (Å²) in [7, 11) is 1.53. The van der Waals surface area contributed by atoms with Crippen LogP contribution in [0.1, 0.15) is 23.5 Å². The minimum absolute atomic E-state index is 0.0590. The Kier molecular flexibility index (Phi) is 4.56. The van der Waals surface area contributed by atoms with Gasteiger partial charge in [0.2, 0.25) is 5.91 Å². The minimum Gasteiger partial charge on any atom is -0.497 e. The maximum Gasteiger partial charge on any atom is 0.416 e. The number of nitrogens with zero attached hydrogens (tertiary/aromatic N) is 1. The number of carbonyl (C=O) groups excluding carboxylic acids is 2. The molecule has 2 aromatic rings. The van der Waals surface area contributed by atoms with Gasteiger partial charge in [-0.25, -0.2) is 4.79 Å². The molecule has 2 aliphatic heterocycles. The second-order valence-electron chi connectivity index (χ2n) is 6.74. The molecule has 0 saturated heterocycles. The summed E-state index contributed by atoms with van der Waals surface area (Å²) in [5, 5.41) is 0. The lowest BCUT2D eigenvalue weighted by Gasteiger charge is -2.32. The van der Waals surface area contributed by atoms with Gasteiger partial charge in [0.25, 0.3) is 0 Å². The molecule has 1 unspecified atom stereocenters. The second-order valence-corrected chi connectivity index (χ2v) is 6.74. The van der Waals surface area contributed by atoms with Crippen LogP contribution >= 0.6 is 0 Å². The lowest BCUT2D eigenvalue weighted by molar-refractivity contribution is -0.138. The van der Waals surface area contributed by atoms with Crippen LogP contribution in [0.3, 0.4) is 0 Å². The number of anilines is 1. The maximum absolute atomic E-state index is 13.1. The summed E-state index contributed by atoms with van der Waals surface area (Å²) < 4.78 is 49.6. The summed E-state index contributed by atoms with van der Waals surface area (Å²) in [5.74, 6) is -0.863. The van der Waals surface area contributed by atoms with Crippen molar-refractivity contribution in [3.63, 3.8) is 0 Å². The van der Waals surface area contributed by atoms with Crippen molar-refractivity contribution < 1.29 is 32.2 Å². The van der Waals surface area contributed by atoms with Crippen LogP contribution in [0.25, 0.3) is 0 Å². The Labute approximate surface area is 164 Å². The highest BCUT2D eigenvalue weighted by Gasteiger charge is 2.43. The van der Waals surface area contributed by atoms with Crippen molar-refractivity contribution in [2.45, 2.75) is 18.5 Å². The van der Waals surface area contributed by atoms with E-state index in [2.05, 4.69) is 0 Å². The molecule has 0 radical (unpaired) electrons. The number of amides is 1. The third kappa shape index (κ3) is 3.35. The monoisotopic (exact) mass is 403 g/mol. The lowest BCUT2D eigenvalue weighted by Crippen LogP contribution is -2.37. The number of esters is 1. The van der Waals surface area contributed by atoms with E-state index in [0.29, 0.717) is 11.3 Å². The summed E-state index contributed by atoms with van der Waals surface area (Å²) in [6.07, 6.45) is -4.60. The highest BCUT2D eigenvalue weighted by Crippen LogP contribution is 2.43. The number of ether oxygens (including phenoxy) is 2. The normalized spacial score (nSPS) is 19.3. The van der Waals surface area contributed by atoms with E-state index in [4.69, 9.17) is 9.47 Å². The zero-order chi connectivity index (χ0) is 20.8. The van der Waals surface area contributed by atoms with Crippen molar-refractivity contribution in [2.75, 3.05) is 18.6 Å². The van der Waals surface area contributed by atoms with E-state index in [1.807, 2.05) is 0 Å². The Morgan fingerprint density at radius 3 is 2.48 bits per heavy atom. The fourth-order valence-electron chi connectivity index (χ4n) is 3.70. The summed E-state index contributed by atoms with van der Waals surface area (Å²) in [6.45, 7) is -0.164. The van der Waals surface area contributed by atoms with Gasteiger partial charge < -0.3 is 9.47 Å². The molecule has 0 bridgehead atoms. The van der Waals surface area contributed by atoms with Gasteiger partial charge in [-0.3, -0.25) is 9.69 Å². The molecule has 5 nitrogen and oxygen atoms in total. The van der Waals surface area contributed by atoms with Crippen molar-refractivity contribution in [3.05, 3.63) is 70.9 Å². The molecule has 1 atom stereocenters. The summed E-state index contributed by atoms with van der Waals surface area (Å²) in [5.41, 5.74) is 0.504. The van der Waals surface area contributed by atoms with Gasteiger partial charge in [-0.05, 0) is 35.9 Å². The van der Waals surface area contributed by atoms with Crippen LogP contribution in [-0.4, -0.2) is 25.6 Å². The molecule has 4 rings (SSSR count). The van der Waals surface area contributed by atoms with Gasteiger partial charge in [-0.15, -0.1) is 0 Å². The number of halogens is 3. The number of carbonyl (C=O) groups is 2. The van der Waals surface area contributed by atoms with Gasteiger partial charge in [0.05, 0.1) is 23.9 Å². The largest absolute Gasteiger partial charge is 0.497 e. The van der Waals surface area contributed by atoms with Crippen LogP contribution in [0, 0.1) is 0 Å². The maximum atomic E-state index is 13.1. The molecule has 8 heteroatoms. The second kappa shape index (κ2) is 6.95. The van der Waals surface area contributed by atoms with Crippen molar-refractivity contribution in [3.8, 4) is 5.75 Å². The van der Waals surface area contributed by atoms with Gasteiger partial charge in [0, 0.05) is 18.0 Å². The fourth-order valence-corrected chi connectivity index (χ4v) is 3.70. The van der Waals surface area contributed by atoms with Crippen molar-refractivity contribution >= 4 is 17.6 Å². The Morgan fingerprint density at radius 2 is 1.83 bits per heavy atom. The van der Waals surface area contributed by atoms with Crippen molar-refractivity contribution in [1.82, 2.24) is 0 Å². The first-order valence-electron chi connectivity index (χ1n) is 8.84. The number of cyclic esters (lactones) is 1. The first-order chi connectivity index (χ1) is 13.8. The van der Waals surface area contributed by atoms with Crippen LogP contribution in [0.2, 0.25) is 0 Å². The molecule has 150 valence electrons. The van der Waals surface area contributed by atoms with E-state index in [9.17, 15) is 22.8 Å². The summed E-state index contributed by atoms with van der Waals surface area (Å²) >= 11 is 0. The van der Waals surface area contributed by atoms with Gasteiger partial charge in [-0.1, -0.05) is 18.2 Å².